The summed E-state index contributed by atoms with van der Waals surface area (Å²) in [4.78, 5) is 0. The van der Waals surface area contributed by atoms with Crippen LogP contribution in [0.5, 0.6) is 0 Å². The van der Waals surface area contributed by atoms with Gasteiger partial charge in [-0.3, -0.25) is 0 Å². The Hall–Kier alpha value is -2.98. The summed E-state index contributed by atoms with van der Waals surface area (Å²) in [5, 5.41) is 28.5. The number of hydrogen-bond donors (Lipinski definition) is 2. The molecule has 5 nitrogen and oxygen atoms in total. The van der Waals surface area contributed by atoms with Crippen LogP contribution in [0.15, 0.2) is 30.3 Å². The number of halogens is 1. The first-order valence-corrected chi connectivity index (χ1v) is 7.37. The number of anilines is 1. The van der Waals surface area contributed by atoms with E-state index < -0.39 is 12.7 Å². The molecule has 0 saturated heterocycles. The van der Waals surface area contributed by atoms with E-state index in [9.17, 15) is 14.7 Å². The first-order valence-electron chi connectivity index (χ1n) is 7.37. The van der Waals surface area contributed by atoms with Crippen molar-refractivity contribution >= 4 is 29.0 Å². The minimum atomic E-state index is -0.838. The molecule has 24 heavy (non-hydrogen) atoms. The Balaban J connectivity index is 2.31. The van der Waals surface area contributed by atoms with Crippen LogP contribution in [0.1, 0.15) is 11.3 Å². The molecule has 3 N–H and O–H groups in total. The molecule has 3 rings (SSSR count). The van der Waals surface area contributed by atoms with Gasteiger partial charge < -0.3 is 10.8 Å². The topological polar surface area (TPSA) is 95.8 Å². The summed E-state index contributed by atoms with van der Waals surface area (Å²) in [6, 6.07) is 10.0. The molecule has 0 bridgehead atoms. The second-order valence-electron chi connectivity index (χ2n) is 5.64. The number of aryl methyl sites for hydroxylation is 1. The number of nitrogens with zero attached hydrogens (tertiary/aromatic N) is 3. The Morgan fingerprint density at radius 1 is 1.21 bits per heavy atom. The second kappa shape index (κ2) is 5.91. The zero-order valence-corrected chi connectivity index (χ0v) is 13.2. The molecule has 0 aliphatic carbocycles. The van der Waals surface area contributed by atoms with Gasteiger partial charge in [0.1, 0.15) is 11.9 Å². The summed E-state index contributed by atoms with van der Waals surface area (Å²) >= 11 is 0. The normalized spacial score (nSPS) is 10.6. The van der Waals surface area contributed by atoms with Gasteiger partial charge in [0.2, 0.25) is 0 Å². The van der Waals surface area contributed by atoms with Gasteiger partial charge in [-0.05, 0) is 36.1 Å². The molecular formula is C17H14BFN4O. The Kier molecular flexibility index (Phi) is 3.91. The van der Waals surface area contributed by atoms with Gasteiger partial charge in [0.25, 0.3) is 0 Å². The van der Waals surface area contributed by atoms with Gasteiger partial charge in [-0.1, -0.05) is 19.0 Å². The SMILES string of the molecule is CB(O)c1cc(F)c(C#N)c(-c2ccc3c(N)nnc(C)c3c2)c1. The van der Waals surface area contributed by atoms with Crippen molar-refractivity contribution in [2.45, 2.75) is 13.7 Å². The summed E-state index contributed by atoms with van der Waals surface area (Å²) in [5.74, 6) is -0.346. The van der Waals surface area contributed by atoms with E-state index in [1.54, 1.807) is 38.0 Å². The molecule has 0 fully saturated rings. The monoisotopic (exact) mass is 320 g/mol. The third kappa shape index (κ3) is 2.57. The van der Waals surface area contributed by atoms with Crippen LogP contribution in [-0.4, -0.2) is 22.1 Å². The lowest BCUT2D eigenvalue weighted by molar-refractivity contribution is 0.591. The molecule has 0 aliphatic rings. The van der Waals surface area contributed by atoms with Crippen molar-refractivity contribution in [1.29, 1.82) is 5.26 Å². The third-order valence-corrected chi connectivity index (χ3v) is 4.01. The summed E-state index contributed by atoms with van der Waals surface area (Å²) in [6.07, 6.45) is 0. The van der Waals surface area contributed by atoms with Crippen LogP contribution in [0, 0.1) is 24.1 Å². The molecule has 0 aliphatic heterocycles. The molecule has 0 unspecified atom stereocenters. The fourth-order valence-electron chi connectivity index (χ4n) is 2.68. The first kappa shape index (κ1) is 15.9. The van der Waals surface area contributed by atoms with E-state index in [2.05, 4.69) is 10.2 Å². The molecule has 0 radical (unpaired) electrons. The van der Waals surface area contributed by atoms with Gasteiger partial charge in [0.05, 0.1) is 11.3 Å². The number of fused-ring (bicyclic) bond motifs is 1. The second-order valence-corrected chi connectivity index (χ2v) is 5.64. The maximum absolute atomic E-state index is 14.2. The Morgan fingerprint density at radius 3 is 2.62 bits per heavy atom. The smallest absolute Gasteiger partial charge is 0.320 e. The molecule has 118 valence electrons. The van der Waals surface area contributed by atoms with Gasteiger partial charge in [0, 0.05) is 16.3 Å². The van der Waals surface area contributed by atoms with E-state index in [0.29, 0.717) is 28.1 Å². The van der Waals surface area contributed by atoms with Gasteiger partial charge in [-0.25, -0.2) is 4.39 Å². The third-order valence-electron chi connectivity index (χ3n) is 4.01. The first-order chi connectivity index (χ1) is 11.4. The maximum atomic E-state index is 14.2. The largest absolute Gasteiger partial charge is 0.446 e. The summed E-state index contributed by atoms with van der Waals surface area (Å²) in [6.45, 7) is 2.51. The van der Waals surface area contributed by atoms with Crippen LogP contribution in [0.4, 0.5) is 10.2 Å². The number of nitrogens with two attached hydrogens (primary N) is 1. The van der Waals surface area contributed by atoms with Crippen LogP contribution in [-0.2, 0) is 0 Å². The fraction of sp³-hybridized carbons (Fsp3) is 0.118. The van der Waals surface area contributed by atoms with E-state index in [0.717, 1.165) is 10.8 Å². The number of nitrogen functional groups attached to an aromatic ring is 1. The fourth-order valence-corrected chi connectivity index (χ4v) is 2.68. The van der Waals surface area contributed by atoms with E-state index in [-0.39, 0.29) is 5.56 Å². The number of benzene rings is 2. The molecule has 0 amide bonds. The van der Waals surface area contributed by atoms with Crippen molar-refractivity contribution in [2.24, 2.45) is 0 Å². The molecule has 0 saturated carbocycles. The zero-order valence-electron chi connectivity index (χ0n) is 13.2. The van der Waals surface area contributed by atoms with Crippen LogP contribution in [0.25, 0.3) is 21.9 Å². The highest BCUT2D eigenvalue weighted by atomic mass is 19.1. The average molecular weight is 320 g/mol. The summed E-state index contributed by atoms with van der Waals surface area (Å²) < 4.78 is 14.2. The predicted molar refractivity (Wildman–Crippen MR) is 92.3 cm³/mol. The molecule has 2 aromatic carbocycles. The highest BCUT2D eigenvalue weighted by molar-refractivity contribution is 6.64. The Labute approximate surface area is 138 Å². The number of hydrogen-bond acceptors (Lipinski definition) is 5. The lowest BCUT2D eigenvalue weighted by atomic mass is 9.63. The van der Waals surface area contributed by atoms with E-state index in [1.165, 1.54) is 6.07 Å². The molecule has 0 atom stereocenters. The van der Waals surface area contributed by atoms with E-state index in [4.69, 9.17) is 5.73 Å². The van der Waals surface area contributed by atoms with Crippen molar-refractivity contribution in [2.75, 3.05) is 5.73 Å². The highest BCUT2D eigenvalue weighted by Gasteiger charge is 2.17. The Bertz CT molecular complexity index is 998. The van der Waals surface area contributed by atoms with Crippen molar-refractivity contribution in [1.82, 2.24) is 10.2 Å². The number of rotatable bonds is 2. The molecule has 3 aromatic rings. The molecular weight excluding hydrogens is 306 g/mol. The van der Waals surface area contributed by atoms with Gasteiger partial charge in [0.15, 0.2) is 5.82 Å². The van der Waals surface area contributed by atoms with Crippen LogP contribution in [0.3, 0.4) is 0 Å². The van der Waals surface area contributed by atoms with E-state index in [1.807, 2.05) is 6.07 Å². The van der Waals surface area contributed by atoms with Gasteiger partial charge >= 0.3 is 6.92 Å². The standard InChI is InChI=1S/C17H14BFN4O/c1-9-13-5-10(3-4-12(13)17(21)23-22-9)14-6-11(18(2)24)7-16(19)15(14)8-20/h3-7,24H,1-2H3,(H2,21,23). The van der Waals surface area contributed by atoms with Crippen molar-refractivity contribution in [3.63, 3.8) is 0 Å². The maximum Gasteiger partial charge on any atom is 0.320 e. The lowest BCUT2D eigenvalue weighted by Crippen LogP contribution is -2.27. The molecule has 0 spiro atoms. The Morgan fingerprint density at radius 2 is 1.96 bits per heavy atom. The molecule has 7 heteroatoms. The van der Waals surface area contributed by atoms with Crippen LogP contribution >= 0.6 is 0 Å². The van der Waals surface area contributed by atoms with Crippen LogP contribution in [0.2, 0.25) is 6.82 Å². The summed E-state index contributed by atoms with van der Waals surface area (Å²) in [5.41, 5.74) is 7.94. The number of nitriles is 1. The zero-order chi connectivity index (χ0) is 17.4. The lowest BCUT2D eigenvalue weighted by Gasteiger charge is -2.11. The van der Waals surface area contributed by atoms with Gasteiger partial charge in [-0.15, -0.1) is 5.10 Å². The quantitative estimate of drug-likeness (QED) is 0.704. The van der Waals surface area contributed by atoms with E-state index >= 15 is 0 Å². The van der Waals surface area contributed by atoms with Crippen molar-refractivity contribution < 1.29 is 9.41 Å². The summed E-state index contributed by atoms with van der Waals surface area (Å²) in [7, 11) is 0. The number of aromatic nitrogens is 2. The van der Waals surface area contributed by atoms with Crippen LogP contribution < -0.4 is 11.2 Å². The molecule has 1 heterocycles. The average Bonchev–Trinajstić information content (AvgIpc) is 2.57. The van der Waals surface area contributed by atoms with Gasteiger partial charge in [-0.2, -0.15) is 10.4 Å². The minimum absolute atomic E-state index is 0.0635. The van der Waals surface area contributed by atoms with Crippen molar-refractivity contribution in [3.8, 4) is 17.2 Å². The minimum Gasteiger partial charge on any atom is -0.446 e. The predicted octanol–water partition coefficient (Wildman–Crippen LogP) is 2.02. The highest BCUT2D eigenvalue weighted by Crippen LogP contribution is 2.30. The van der Waals surface area contributed by atoms with Crippen molar-refractivity contribution in [3.05, 3.63) is 47.4 Å². The molecule has 1 aromatic heterocycles.